The molecule has 0 aliphatic heterocycles. The molecule has 0 heterocycles. The van der Waals surface area contributed by atoms with Crippen molar-refractivity contribution in [2.24, 2.45) is 0 Å². The first-order chi connectivity index (χ1) is 13.4. The number of amides is 2. The first-order valence-corrected chi connectivity index (χ1v) is 9.90. The summed E-state index contributed by atoms with van der Waals surface area (Å²) in [6.07, 6.45) is 1.28. The Bertz CT molecular complexity index is 1030. The minimum absolute atomic E-state index is 0.422. The molecule has 0 unspecified atom stereocenters. The summed E-state index contributed by atoms with van der Waals surface area (Å²) in [5, 5.41) is 0.867. The van der Waals surface area contributed by atoms with Crippen molar-refractivity contribution in [1.82, 2.24) is 4.72 Å². The Morgan fingerprint density at radius 3 is 1.82 bits per heavy atom. The lowest BCUT2D eigenvalue weighted by molar-refractivity contribution is 0.253. The number of anilines is 2. The van der Waals surface area contributed by atoms with Gasteiger partial charge in [-0.1, -0.05) is 48.5 Å². The van der Waals surface area contributed by atoms with Gasteiger partial charge in [0, 0.05) is 0 Å². The molecule has 0 fully saturated rings. The Morgan fingerprint density at radius 1 is 0.821 bits per heavy atom. The van der Waals surface area contributed by atoms with Crippen molar-refractivity contribution in [3.8, 4) is 0 Å². The van der Waals surface area contributed by atoms with E-state index in [0.717, 1.165) is 5.41 Å². The number of nitrogens with one attached hydrogen (secondary N) is 1. The first-order valence-electron chi connectivity index (χ1n) is 8.35. The van der Waals surface area contributed by atoms with Gasteiger partial charge in [0.15, 0.2) is 0 Å². The number of hydrogen-bond acceptors (Lipinski definition) is 3. The lowest BCUT2D eigenvalue weighted by Crippen LogP contribution is -2.39. The molecule has 3 aromatic rings. The van der Waals surface area contributed by atoms with E-state index in [9.17, 15) is 17.6 Å². The van der Waals surface area contributed by atoms with E-state index >= 15 is 0 Å². The minimum atomic E-state index is -4.07. The van der Waals surface area contributed by atoms with Crippen LogP contribution in [0.3, 0.4) is 0 Å². The maximum Gasteiger partial charge on any atom is 0.340 e. The molecule has 0 atom stereocenters. The number of benzene rings is 3. The van der Waals surface area contributed by atoms with Crippen molar-refractivity contribution in [2.45, 2.75) is 0 Å². The van der Waals surface area contributed by atoms with Gasteiger partial charge in [-0.15, -0.1) is 0 Å². The van der Waals surface area contributed by atoms with Crippen LogP contribution >= 0.6 is 0 Å². The van der Waals surface area contributed by atoms with Crippen LogP contribution < -0.4 is 9.62 Å². The molecule has 0 saturated heterocycles. The van der Waals surface area contributed by atoms with Crippen molar-refractivity contribution in [3.05, 3.63) is 102 Å². The molecule has 7 heteroatoms. The highest BCUT2D eigenvalue weighted by atomic mass is 32.2. The zero-order chi connectivity index (χ0) is 20.0. The molecule has 3 aromatic carbocycles. The van der Waals surface area contributed by atoms with E-state index in [4.69, 9.17) is 0 Å². The van der Waals surface area contributed by atoms with Crippen LogP contribution in [0.2, 0.25) is 0 Å². The average Bonchev–Trinajstić information content (AvgIpc) is 2.69. The van der Waals surface area contributed by atoms with Gasteiger partial charge in [-0.25, -0.2) is 22.3 Å². The van der Waals surface area contributed by atoms with Crippen molar-refractivity contribution in [2.75, 3.05) is 4.90 Å². The van der Waals surface area contributed by atoms with Crippen LogP contribution in [0.5, 0.6) is 0 Å². The molecule has 142 valence electrons. The van der Waals surface area contributed by atoms with Gasteiger partial charge in [0.25, 0.3) is 10.0 Å². The summed E-state index contributed by atoms with van der Waals surface area (Å²) in [5.74, 6) is -0.422. The average molecular weight is 396 g/mol. The third-order valence-corrected chi connectivity index (χ3v) is 4.72. The Kier molecular flexibility index (Phi) is 5.86. The van der Waals surface area contributed by atoms with Gasteiger partial charge in [-0.2, -0.15) is 0 Å². The topological polar surface area (TPSA) is 66.5 Å². The second-order valence-electron chi connectivity index (χ2n) is 5.81. The van der Waals surface area contributed by atoms with Crippen LogP contribution in [0.25, 0.3) is 6.08 Å². The third kappa shape index (κ3) is 5.05. The van der Waals surface area contributed by atoms with Crippen LogP contribution in [0.4, 0.5) is 20.6 Å². The normalized spacial score (nSPS) is 11.3. The highest BCUT2D eigenvalue weighted by Gasteiger charge is 2.21. The number of halogens is 1. The maximum atomic E-state index is 12.9. The summed E-state index contributed by atoms with van der Waals surface area (Å²) in [6, 6.07) is 21.9. The third-order valence-electron chi connectivity index (χ3n) is 3.77. The zero-order valence-electron chi connectivity index (χ0n) is 14.7. The molecule has 2 amide bonds. The van der Waals surface area contributed by atoms with E-state index in [0.29, 0.717) is 16.9 Å². The van der Waals surface area contributed by atoms with Crippen molar-refractivity contribution >= 4 is 33.5 Å². The number of rotatable bonds is 5. The van der Waals surface area contributed by atoms with Gasteiger partial charge in [-0.05, 0) is 48.0 Å². The van der Waals surface area contributed by atoms with Gasteiger partial charge >= 0.3 is 6.03 Å². The van der Waals surface area contributed by atoms with E-state index in [2.05, 4.69) is 0 Å². The number of urea groups is 1. The molecule has 0 saturated carbocycles. The minimum Gasteiger partial charge on any atom is -0.262 e. The predicted molar refractivity (Wildman–Crippen MR) is 108 cm³/mol. The molecule has 0 aliphatic rings. The molecule has 3 rings (SSSR count). The van der Waals surface area contributed by atoms with Crippen molar-refractivity contribution < 1.29 is 17.6 Å². The van der Waals surface area contributed by atoms with E-state index in [-0.39, 0.29) is 0 Å². The summed E-state index contributed by atoms with van der Waals surface area (Å²) in [7, 11) is -4.07. The summed E-state index contributed by atoms with van der Waals surface area (Å²) < 4.78 is 39.6. The lowest BCUT2D eigenvalue weighted by Gasteiger charge is -2.22. The van der Waals surface area contributed by atoms with Crippen LogP contribution in [-0.2, 0) is 10.0 Å². The fourth-order valence-corrected chi connectivity index (χ4v) is 3.22. The molecule has 5 nitrogen and oxygen atoms in total. The number of carbonyl (C=O) groups is 1. The number of sulfonamides is 1. The second-order valence-corrected chi connectivity index (χ2v) is 7.38. The first kappa shape index (κ1) is 19.3. The van der Waals surface area contributed by atoms with Gasteiger partial charge in [0.05, 0.1) is 16.8 Å². The van der Waals surface area contributed by atoms with Gasteiger partial charge in [0.2, 0.25) is 0 Å². The van der Waals surface area contributed by atoms with Gasteiger partial charge in [0.1, 0.15) is 5.82 Å². The molecular formula is C21H17FN2O3S. The number of hydrogen-bond donors (Lipinski definition) is 1. The summed E-state index contributed by atoms with van der Waals surface area (Å²) in [6.45, 7) is 0. The molecule has 0 bridgehead atoms. The fraction of sp³-hybridized carbons (Fsp3) is 0. The Hall–Kier alpha value is -3.45. The molecule has 0 aliphatic carbocycles. The lowest BCUT2D eigenvalue weighted by atomic mass is 10.2. The Balaban J connectivity index is 1.84. The maximum absolute atomic E-state index is 12.9. The van der Waals surface area contributed by atoms with Crippen molar-refractivity contribution in [1.29, 1.82) is 0 Å². The van der Waals surface area contributed by atoms with E-state index in [1.54, 1.807) is 60.7 Å². The SMILES string of the molecule is O=C(NS(=O)(=O)C=Cc1ccc(F)cc1)N(c1ccccc1)c1ccccc1. The smallest absolute Gasteiger partial charge is 0.262 e. The van der Waals surface area contributed by atoms with Crippen molar-refractivity contribution in [3.63, 3.8) is 0 Å². The Labute approximate surface area is 162 Å². The quantitative estimate of drug-likeness (QED) is 0.681. The molecule has 0 radical (unpaired) electrons. The zero-order valence-corrected chi connectivity index (χ0v) is 15.5. The van der Waals surface area contributed by atoms with E-state index in [1.165, 1.54) is 35.2 Å². The standard InChI is InChI=1S/C21H17FN2O3S/c22-18-13-11-17(12-14-18)15-16-28(26,27)23-21(25)24(19-7-3-1-4-8-19)20-9-5-2-6-10-20/h1-16H,(H,23,25). The van der Waals surface area contributed by atoms with Crippen LogP contribution in [0.1, 0.15) is 5.56 Å². The summed E-state index contributed by atoms with van der Waals surface area (Å²) in [4.78, 5) is 14.0. The van der Waals surface area contributed by atoms with Crippen LogP contribution in [0, 0.1) is 5.82 Å². The highest BCUT2D eigenvalue weighted by Crippen LogP contribution is 2.25. The van der Waals surface area contributed by atoms with E-state index < -0.39 is 21.9 Å². The monoisotopic (exact) mass is 396 g/mol. The summed E-state index contributed by atoms with van der Waals surface area (Å²) >= 11 is 0. The predicted octanol–water partition coefficient (Wildman–Crippen LogP) is 4.67. The van der Waals surface area contributed by atoms with E-state index in [1.807, 2.05) is 4.72 Å². The number of carbonyl (C=O) groups excluding carboxylic acids is 1. The van der Waals surface area contributed by atoms with Gasteiger partial charge in [-0.3, -0.25) is 4.90 Å². The highest BCUT2D eigenvalue weighted by molar-refractivity contribution is 7.93. The molecule has 1 N–H and O–H groups in total. The molecule has 0 aromatic heterocycles. The largest absolute Gasteiger partial charge is 0.340 e. The summed E-state index contributed by atoms with van der Waals surface area (Å²) in [5.41, 5.74) is 1.52. The van der Waals surface area contributed by atoms with Crippen LogP contribution in [-0.4, -0.2) is 14.4 Å². The second kappa shape index (κ2) is 8.49. The Morgan fingerprint density at radius 2 is 1.32 bits per heavy atom. The van der Waals surface area contributed by atoms with Crippen LogP contribution in [0.15, 0.2) is 90.3 Å². The molecule has 28 heavy (non-hydrogen) atoms. The fourth-order valence-electron chi connectivity index (χ4n) is 2.48. The van der Waals surface area contributed by atoms with Gasteiger partial charge < -0.3 is 0 Å². The molecule has 0 spiro atoms. The number of para-hydroxylation sites is 2. The molecular weight excluding hydrogens is 379 g/mol. The number of nitrogens with zero attached hydrogens (tertiary/aromatic N) is 1.